The van der Waals surface area contributed by atoms with Crippen LogP contribution in [-0.2, 0) is 4.79 Å². The summed E-state index contributed by atoms with van der Waals surface area (Å²) >= 11 is 13.2. The van der Waals surface area contributed by atoms with Gasteiger partial charge in [-0.15, -0.1) is 11.3 Å². The molecule has 9 heteroatoms. The van der Waals surface area contributed by atoms with Gasteiger partial charge in [0.1, 0.15) is 10.9 Å². The number of carbonyl (C=O) groups is 1. The Morgan fingerprint density at radius 3 is 2.64 bits per heavy atom. The number of hydrogen-bond donors (Lipinski definition) is 2. The van der Waals surface area contributed by atoms with E-state index in [2.05, 4.69) is 4.98 Å². The van der Waals surface area contributed by atoms with Crippen LogP contribution in [0.3, 0.4) is 0 Å². The van der Waals surface area contributed by atoms with Gasteiger partial charge in [0.15, 0.2) is 0 Å². The summed E-state index contributed by atoms with van der Waals surface area (Å²) < 4.78 is 0.873. The minimum absolute atomic E-state index is 0.232. The number of halogens is 2. The Balaban J connectivity index is 2.34. The second kappa shape index (κ2) is 6.67. The molecular weight excluding hydrogens is 385 g/mol. The van der Waals surface area contributed by atoms with E-state index in [0.29, 0.717) is 31.4 Å². The van der Waals surface area contributed by atoms with E-state index in [0.717, 1.165) is 4.57 Å². The van der Waals surface area contributed by atoms with Gasteiger partial charge >= 0.3 is 5.69 Å². The molecule has 0 bridgehead atoms. The zero-order chi connectivity index (χ0) is 18.3. The molecule has 6 nitrogen and oxygen atoms in total. The molecule has 2 heterocycles. The third kappa shape index (κ3) is 2.99. The molecule has 1 amide bonds. The van der Waals surface area contributed by atoms with Crippen molar-refractivity contribution in [1.29, 1.82) is 0 Å². The van der Waals surface area contributed by atoms with Crippen molar-refractivity contribution in [3.05, 3.63) is 54.5 Å². The van der Waals surface area contributed by atoms with E-state index in [1.165, 1.54) is 11.3 Å². The number of carbonyl (C=O) groups excluding carboxylic acids is 1. The molecule has 1 aromatic carbocycles. The van der Waals surface area contributed by atoms with E-state index in [9.17, 15) is 14.4 Å². The van der Waals surface area contributed by atoms with Gasteiger partial charge in [0.2, 0.25) is 5.91 Å². The maximum atomic E-state index is 12.9. The second-order valence-electron chi connectivity index (χ2n) is 5.41. The first-order valence-corrected chi connectivity index (χ1v) is 8.99. The molecule has 0 aliphatic rings. The topological polar surface area (TPSA) is 97.9 Å². The highest BCUT2D eigenvalue weighted by molar-refractivity contribution is 7.17. The normalized spacial score (nSPS) is 12.4. The first-order valence-electron chi connectivity index (χ1n) is 7.35. The summed E-state index contributed by atoms with van der Waals surface area (Å²) in [6.45, 7) is 1.68. The van der Waals surface area contributed by atoms with Crippen molar-refractivity contribution in [2.45, 2.75) is 19.4 Å². The van der Waals surface area contributed by atoms with Crippen LogP contribution in [0, 0.1) is 0 Å². The molecule has 3 N–H and O–H groups in total. The Labute approximate surface area is 155 Å². The lowest BCUT2D eigenvalue weighted by Crippen LogP contribution is -2.42. The molecule has 0 radical (unpaired) electrons. The van der Waals surface area contributed by atoms with Gasteiger partial charge < -0.3 is 5.73 Å². The highest BCUT2D eigenvalue weighted by Gasteiger charge is 2.23. The number of aromatic nitrogens is 2. The number of nitrogens with one attached hydrogen (secondary N) is 1. The molecule has 0 spiro atoms. The van der Waals surface area contributed by atoms with Crippen LogP contribution in [0.15, 0.2) is 33.2 Å². The standard InChI is InChI=1S/C16H13Cl2N3O3S/c1-2-11(13(19)22)21-15(23)12-8(6-25-14(12)20-16(21)24)7-3-4-9(17)10(18)5-7/h3-6,11H,2H2,1H3,(H2,19,22)(H,20,24). The summed E-state index contributed by atoms with van der Waals surface area (Å²) in [6.07, 6.45) is 0.232. The van der Waals surface area contributed by atoms with E-state index in [4.69, 9.17) is 28.9 Å². The molecule has 3 rings (SSSR count). The van der Waals surface area contributed by atoms with Crippen LogP contribution in [0.2, 0.25) is 10.0 Å². The number of H-pyrrole nitrogens is 1. The minimum Gasteiger partial charge on any atom is -0.368 e. The van der Waals surface area contributed by atoms with Crippen molar-refractivity contribution < 1.29 is 4.79 Å². The van der Waals surface area contributed by atoms with Crippen molar-refractivity contribution in [1.82, 2.24) is 9.55 Å². The molecule has 0 aliphatic heterocycles. The highest BCUT2D eigenvalue weighted by Crippen LogP contribution is 2.34. The lowest BCUT2D eigenvalue weighted by atomic mass is 10.1. The first kappa shape index (κ1) is 17.7. The highest BCUT2D eigenvalue weighted by atomic mass is 35.5. The monoisotopic (exact) mass is 397 g/mol. The van der Waals surface area contributed by atoms with Crippen LogP contribution in [-0.4, -0.2) is 15.5 Å². The third-order valence-corrected chi connectivity index (χ3v) is 5.55. The molecule has 2 aromatic heterocycles. The van der Waals surface area contributed by atoms with E-state index in [1.54, 1.807) is 30.5 Å². The molecule has 1 atom stereocenters. The van der Waals surface area contributed by atoms with E-state index < -0.39 is 23.2 Å². The molecule has 1 unspecified atom stereocenters. The van der Waals surface area contributed by atoms with E-state index >= 15 is 0 Å². The van der Waals surface area contributed by atoms with Crippen molar-refractivity contribution in [3.63, 3.8) is 0 Å². The van der Waals surface area contributed by atoms with E-state index in [1.807, 2.05) is 0 Å². The van der Waals surface area contributed by atoms with Crippen LogP contribution in [0.25, 0.3) is 21.3 Å². The first-order chi connectivity index (χ1) is 11.8. The fraction of sp³-hybridized carbons (Fsp3) is 0.188. The summed E-state index contributed by atoms with van der Waals surface area (Å²) in [6, 6.07) is 3.99. The number of nitrogens with two attached hydrogens (primary N) is 1. The maximum absolute atomic E-state index is 12.9. The van der Waals surface area contributed by atoms with Crippen molar-refractivity contribution in [2.24, 2.45) is 5.73 Å². The SMILES string of the molecule is CCC(C(N)=O)n1c(=O)[nH]c2scc(-c3ccc(Cl)c(Cl)c3)c2c1=O. The predicted molar refractivity (Wildman–Crippen MR) is 101 cm³/mol. The molecule has 0 saturated heterocycles. The number of amides is 1. The number of benzene rings is 1. The lowest BCUT2D eigenvalue weighted by Gasteiger charge is -2.13. The van der Waals surface area contributed by atoms with Crippen molar-refractivity contribution in [2.75, 3.05) is 0 Å². The number of rotatable bonds is 4. The fourth-order valence-electron chi connectivity index (χ4n) is 2.70. The smallest absolute Gasteiger partial charge is 0.330 e. The van der Waals surface area contributed by atoms with Crippen molar-refractivity contribution >= 4 is 50.7 Å². The average molecular weight is 398 g/mol. The average Bonchev–Trinajstić information content (AvgIpc) is 2.97. The summed E-state index contributed by atoms with van der Waals surface area (Å²) in [5.74, 6) is -0.735. The van der Waals surface area contributed by atoms with Gasteiger partial charge in [-0.05, 0) is 24.1 Å². The second-order valence-corrected chi connectivity index (χ2v) is 7.11. The fourth-order valence-corrected chi connectivity index (χ4v) is 3.95. The Kier molecular flexibility index (Phi) is 4.73. The molecule has 0 saturated carbocycles. The van der Waals surface area contributed by atoms with Gasteiger partial charge in [-0.25, -0.2) is 9.36 Å². The third-order valence-electron chi connectivity index (χ3n) is 3.92. The zero-order valence-electron chi connectivity index (χ0n) is 13.0. The zero-order valence-corrected chi connectivity index (χ0v) is 15.3. The van der Waals surface area contributed by atoms with Crippen LogP contribution in [0.4, 0.5) is 0 Å². The number of nitrogens with zero attached hydrogens (tertiary/aromatic N) is 1. The number of thiophene rings is 1. The molecule has 3 aromatic rings. The molecule has 0 fully saturated rings. The Morgan fingerprint density at radius 1 is 1.32 bits per heavy atom. The lowest BCUT2D eigenvalue weighted by molar-refractivity contribution is -0.121. The van der Waals surface area contributed by atoms with E-state index in [-0.39, 0.29) is 6.42 Å². The number of hydrogen-bond acceptors (Lipinski definition) is 4. The van der Waals surface area contributed by atoms with Crippen LogP contribution < -0.4 is 17.0 Å². The molecule has 25 heavy (non-hydrogen) atoms. The van der Waals surface area contributed by atoms with Crippen LogP contribution in [0.1, 0.15) is 19.4 Å². The molecule has 0 aliphatic carbocycles. The van der Waals surface area contributed by atoms with Gasteiger partial charge in [0.25, 0.3) is 5.56 Å². The van der Waals surface area contributed by atoms with Crippen molar-refractivity contribution in [3.8, 4) is 11.1 Å². The maximum Gasteiger partial charge on any atom is 0.330 e. The Hall–Kier alpha value is -2.09. The Morgan fingerprint density at radius 2 is 2.04 bits per heavy atom. The van der Waals surface area contributed by atoms with Gasteiger partial charge in [-0.3, -0.25) is 14.6 Å². The number of fused-ring (bicyclic) bond motifs is 1. The summed E-state index contributed by atoms with van der Waals surface area (Å²) in [5, 5.41) is 2.81. The van der Waals surface area contributed by atoms with Gasteiger partial charge in [-0.1, -0.05) is 36.2 Å². The van der Waals surface area contributed by atoms with Crippen LogP contribution in [0.5, 0.6) is 0 Å². The van der Waals surface area contributed by atoms with Gasteiger partial charge in [0, 0.05) is 10.9 Å². The number of aromatic amines is 1. The number of primary amides is 1. The molecular formula is C16H13Cl2N3O3S. The Bertz CT molecular complexity index is 1100. The summed E-state index contributed by atoms with van der Waals surface area (Å²) in [5.41, 5.74) is 5.40. The largest absolute Gasteiger partial charge is 0.368 e. The summed E-state index contributed by atoms with van der Waals surface area (Å²) in [7, 11) is 0. The molecule has 130 valence electrons. The van der Waals surface area contributed by atoms with Gasteiger partial charge in [0.05, 0.1) is 15.4 Å². The predicted octanol–water partition coefficient (Wildman–Crippen LogP) is 3.16. The van der Waals surface area contributed by atoms with Crippen LogP contribution >= 0.6 is 34.5 Å². The van der Waals surface area contributed by atoms with Gasteiger partial charge in [-0.2, -0.15) is 0 Å². The summed E-state index contributed by atoms with van der Waals surface area (Å²) in [4.78, 5) is 39.9. The minimum atomic E-state index is -1.01. The quantitative estimate of drug-likeness (QED) is 0.706.